The second-order valence-corrected chi connectivity index (χ2v) is 11.3. The predicted octanol–water partition coefficient (Wildman–Crippen LogP) is 4.77. The smallest absolute Gasteiger partial charge is 0.286 e. The number of piperidine rings is 1. The number of nitrogens with one attached hydrogen (secondary N) is 1. The number of rotatable bonds is 12. The number of amides is 1. The van der Waals surface area contributed by atoms with Crippen LogP contribution in [-0.4, -0.2) is 57.2 Å². The number of carbonyl (C=O) groups is 2. The van der Waals surface area contributed by atoms with E-state index in [1.807, 2.05) is 33.8 Å². The second kappa shape index (κ2) is 13.0. The van der Waals surface area contributed by atoms with Crippen LogP contribution in [-0.2, 0) is 11.2 Å². The van der Waals surface area contributed by atoms with Gasteiger partial charge in [-0.2, -0.15) is 0 Å². The molecule has 3 rings (SSSR count). The minimum atomic E-state index is -0.669. The minimum Gasteiger partial charge on any atom is -0.408 e. The van der Waals surface area contributed by atoms with E-state index >= 15 is 0 Å². The SMILES string of the molecule is CC(C)C[C@H](NC(=O)[C@@H]1CCCCN1CCCc1ccccc1)C(=O)c1nnc(SC(C)C)o1. The molecule has 0 aliphatic carbocycles. The highest BCUT2D eigenvalue weighted by Crippen LogP contribution is 2.23. The summed E-state index contributed by atoms with van der Waals surface area (Å²) in [5.41, 5.74) is 1.32. The summed E-state index contributed by atoms with van der Waals surface area (Å²) in [5, 5.41) is 11.6. The summed E-state index contributed by atoms with van der Waals surface area (Å²) in [6.07, 6.45) is 5.46. The largest absolute Gasteiger partial charge is 0.408 e. The molecule has 1 aromatic carbocycles. The van der Waals surface area contributed by atoms with Crippen molar-refractivity contribution in [3.63, 3.8) is 0 Å². The first-order valence-electron chi connectivity index (χ1n) is 12.5. The van der Waals surface area contributed by atoms with Gasteiger partial charge in [0.05, 0.1) is 12.1 Å². The summed E-state index contributed by atoms with van der Waals surface area (Å²) in [6.45, 7) is 9.90. The van der Waals surface area contributed by atoms with Crippen LogP contribution in [0.3, 0.4) is 0 Å². The Kier molecular flexibility index (Phi) is 10.1. The third kappa shape index (κ3) is 7.94. The fourth-order valence-electron chi connectivity index (χ4n) is 4.36. The van der Waals surface area contributed by atoms with Crippen molar-refractivity contribution in [2.24, 2.45) is 5.92 Å². The number of aryl methyl sites for hydroxylation is 1. The monoisotopic (exact) mass is 486 g/mol. The summed E-state index contributed by atoms with van der Waals surface area (Å²) in [7, 11) is 0. The van der Waals surface area contributed by atoms with Gasteiger partial charge in [-0.3, -0.25) is 14.5 Å². The molecule has 1 amide bonds. The van der Waals surface area contributed by atoms with Gasteiger partial charge in [-0.1, -0.05) is 76.2 Å². The molecule has 1 saturated heterocycles. The Morgan fingerprint density at radius 2 is 1.91 bits per heavy atom. The van der Waals surface area contributed by atoms with Crippen molar-refractivity contribution in [1.29, 1.82) is 0 Å². The van der Waals surface area contributed by atoms with Gasteiger partial charge in [0, 0.05) is 5.25 Å². The minimum absolute atomic E-state index is 0.0301. The number of Topliss-reactive ketones (excluding diaryl/α,β-unsaturated/α-hetero) is 1. The number of nitrogens with zero attached hydrogens (tertiary/aromatic N) is 3. The van der Waals surface area contributed by atoms with Gasteiger partial charge >= 0.3 is 0 Å². The third-order valence-corrected chi connectivity index (χ3v) is 6.80. The molecule has 1 fully saturated rings. The number of thioether (sulfide) groups is 1. The highest BCUT2D eigenvalue weighted by molar-refractivity contribution is 7.99. The Morgan fingerprint density at radius 3 is 2.62 bits per heavy atom. The molecule has 8 heteroatoms. The van der Waals surface area contributed by atoms with Crippen LogP contribution in [0.5, 0.6) is 0 Å². The van der Waals surface area contributed by atoms with Crippen molar-refractivity contribution in [3.05, 3.63) is 41.8 Å². The number of ketones is 1. The zero-order valence-electron chi connectivity index (χ0n) is 20.8. The average molecular weight is 487 g/mol. The fourth-order valence-corrected chi connectivity index (χ4v) is 4.98. The molecular formula is C26H38N4O3S. The van der Waals surface area contributed by atoms with Crippen molar-refractivity contribution in [2.45, 2.75) is 88.8 Å². The molecule has 1 N–H and O–H groups in total. The van der Waals surface area contributed by atoms with Crippen LogP contribution in [0.2, 0.25) is 0 Å². The van der Waals surface area contributed by atoms with E-state index in [0.717, 1.165) is 45.2 Å². The molecule has 0 radical (unpaired) electrons. The number of hydrogen-bond donors (Lipinski definition) is 1. The van der Waals surface area contributed by atoms with Gasteiger partial charge < -0.3 is 9.73 Å². The van der Waals surface area contributed by atoms with Crippen molar-refractivity contribution >= 4 is 23.5 Å². The van der Waals surface area contributed by atoms with E-state index in [-0.39, 0.29) is 34.8 Å². The van der Waals surface area contributed by atoms with Gasteiger partial charge in [0.1, 0.15) is 0 Å². The van der Waals surface area contributed by atoms with Crippen LogP contribution in [0.4, 0.5) is 0 Å². The molecule has 1 aliphatic rings. The lowest BCUT2D eigenvalue weighted by Crippen LogP contribution is -2.53. The second-order valence-electron chi connectivity index (χ2n) is 9.73. The van der Waals surface area contributed by atoms with Crippen molar-refractivity contribution in [3.8, 4) is 0 Å². The van der Waals surface area contributed by atoms with Crippen LogP contribution in [0, 0.1) is 5.92 Å². The molecule has 1 aliphatic heterocycles. The van der Waals surface area contributed by atoms with Crippen molar-refractivity contribution in [2.75, 3.05) is 13.1 Å². The van der Waals surface area contributed by atoms with Crippen LogP contribution in [0.15, 0.2) is 40.0 Å². The van der Waals surface area contributed by atoms with Gasteiger partial charge in [0.2, 0.25) is 11.7 Å². The zero-order chi connectivity index (χ0) is 24.5. The summed E-state index contributed by atoms with van der Waals surface area (Å²) in [5.74, 6) is -0.182. The van der Waals surface area contributed by atoms with Crippen LogP contribution in [0.1, 0.15) is 76.0 Å². The molecule has 0 spiro atoms. The lowest BCUT2D eigenvalue weighted by atomic mass is 9.97. The Balaban J connectivity index is 1.63. The van der Waals surface area contributed by atoms with E-state index < -0.39 is 6.04 Å². The van der Waals surface area contributed by atoms with E-state index in [9.17, 15) is 9.59 Å². The Morgan fingerprint density at radius 1 is 1.15 bits per heavy atom. The Bertz CT molecular complexity index is 916. The summed E-state index contributed by atoms with van der Waals surface area (Å²) >= 11 is 1.42. The number of aromatic nitrogens is 2. The molecule has 2 atom stereocenters. The highest BCUT2D eigenvalue weighted by Gasteiger charge is 2.33. The summed E-state index contributed by atoms with van der Waals surface area (Å²) in [6, 6.07) is 9.57. The normalized spacial score (nSPS) is 17.8. The first-order chi connectivity index (χ1) is 16.3. The number of hydrogen-bond acceptors (Lipinski definition) is 7. The Labute approximate surface area is 207 Å². The maximum atomic E-state index is 13.3. The lowest BCUT2D eigenvalue weighted by molar-refractivity contribution is -0.128. The topological polar surface area (TPSA) is 88.3 Å². The van der Waals surface area contributed by atoms with E-state index in [0.29, 0.717) is 11.6 Å². The number of likely N-dealkylation sites (tertiary alicyclic amines) is 1. The van der Waals surface area contributed by atoms with E-state index in [4.69, 9.17) is 4.42 Å². The first kappa shape index (κ1) is 26.4. The number of benzene rings is 1. The van der Waals surface area contributed by atoms with Crippen LogP contribution in [0.25, 0.3) is 0 Å². The summed E-state index contributed by atoms with van der Waals surface area (Å²) in [4.78, 5) is 28.8. The van der Waals surface area contributed by atoms with E-state index in [1.165, 1.54) is 17.3 Å². The van der Waals surface area contributed by atoms with Gasteiger partial charge in [0.25, 0.3) is 11.1 Å². The van der Waals surface area contributed by atoms with E-state index in [1.54, 1.807) is 0 Å². The molecule has 2 heterocycles. The highest BCUT2D eigenvalue weighted by atomic mass is 32.2. The molecule has 186 valence electrons. The maximum absolute atomic E-state index is 13.3. The van der Waals surface area contributed by atoms with Crippen molar-refractivity contribution in [1.82, 2.24) is 20.4 Å². The average Bonchev–Trinajstić information content (AvgIpc) is 3.26. The summed E-state index contributed by atoms with van der Waals surface area (Å²) < 4.78 is 5.59. The van der Waals surface area contributed by atoms with Gasteiger partial charge in [-0.05, 0) is 56.7 Å². The van der Waals surface area contributed by atoms with E-state index in [2.05, 4.69) is 44.7 Å². The lowest BCUT2D eigenvalue weighted by Gasteiger charge is -2.35. The molecule has 1 aromatic heterocycles. The first-order valence-corrected chi connectivity index (χ1v) is 13.3. The molecular weight excluding hydrogens is 448 g/mol. The molecule has 0 unspecified atom stereocenters. The maximum Gasteiger partial charge on any atom is 0.286 e. The van der Waals surface area contributed by atoms with Gasteiger partial charge in [-0.25, -0.2) is 0 Å². The Hall–Kier alpha value is -2.19. The third-order valence-electron chi connectivity index (χ3n) is 5.96. The molecule has 7 nitrogen and oxygen atoms in total. The predicted molar refractivity (Wildman–Crippen MR) is 135 cm³/mol. The van der Waals surface area contributed by atoms with Gasteiger partial charge in [0.15, 0.2) is 0 Å². The van der Waals surface area contributed by atoms with Crippen LogP contribution >= 0.6 is 11.8 Å². The van der Waals surface area contributed by atoms with Gasteiger partial charge in [-0.15, -0.1) is 10.2 Å². The molecule has 0 saturated carbocycles. The van der Waals surface area contributed by atoms with Crippen LogP contribution < -0.4 is 5.32 Å². The standard InChI is InChI=1S/C26H38N4O3S/c1-18(2)17-21(23(31)25-28-29-26(33-25)34-19(3)4)27-24(32)22-14-8-9-15-30(22)16-10-13-20-11-6-5-7-12-20/h5-7,11-12,18-19,21-22H,8-10,13-17H2,1-4H3,(H,27,32)/t21-,22-/m0/s1. The quantitative estimate of drug-likeness (QED) is 0.341. The zero-order valence-corrected chi connectivity index (χ0v) is 21.6. The molecule has 34 heavy (non-hydrogen) atoms. The molecule has 2 aromatic rings. The fraction of sp³-hybridized carbons (Fsp3) is 0.615. The molecule has 0 bridgehead atoms. The number of carbonyl (C=O) groups excluding carboxylic acids is 2. The van der Waals surface area contributed by atoms with Crippen molar-refractivity contribution < 1.29 is 14.0 Å².